The van der Waals surface area contributed by atoms with Crippen molar-refractivity contribution in [3.8, 4) is 0 Å². The minimum atomic E-state index is -1.77. The highest BCUT2D eigenvalue weighted by Crippen LogP contribution is 2.44. The SMILES string of the molecule is CC[Si](CC)(CC)OC(CCNCC1CC(C)(C)C1)c1c(Cl)cncc1Cl. The number of hydrogen-bond acceptors (Lipinski definition) is 3. The van der Waals surface area contributed by atoms with Crippen LogP contribution in [0.3, 0.4) is 0 Å². The van der Waals surface area contributed by atoms with E-state index in [1.54, 1.807) is 12.4 Å². The van der Waals surface area contributed by atoms with Crippen LogP contribution < -0.4 is 5.32 Å². The molecule has 0 aromatic carbocycles. The fourth-order valence-corrected chi connectivity index (χ4v) is 7.93. The molecule has 0 spiro atoms. The topological polar surface area (TPSA) is 34.1 Å². The van der Waals surface area contributed by atoms with E-state index in [2.05, 4.69) is 44.9 Å². The Morgan fingerprint density at radius 1 is 1.15 bits per heavy atom. The molecule has 1 aromatic rings. The van der Waals surface area contributed by atoms with E-state index in [9.17, 15) is 0 Å². The van der Waals surface area contributed by atoms with Gasteiger partial charge < -0.3 is 9.74 Å². The lowest BCUT2D eigenvalue weighted by Crippen LogP contribution is -2.40. The average molecular weight is 432 g/mol. The van der Waals surface area contributed by atoms with Gasteiger partial charge in [0.1, 0.15) is 0 Å². The van der Waals surface area contributed by atoms with Crippen molar-refractivity contribution in [1.82, 2.24) is 10.3 Å². The Labute approximate surface area is 176 Å². The first kappa shape index (κ1) is 23.1. The molecule has 1 aliphatic carbocycles. The third kappa shape index (κ3) is 6.17. The molecule has 1 heterocycles. The van der Waals surface area contributed by atoms with Crippen molar-refractivity contribution >= 4 is 31.5 Å². The molecular formula is C21H36Cl2N2OSi. The minimum Gasteiger partial charge on any atom is -0.410 e. The van der Waals surface area contributed by atoms with Crippen LogP contribution in [0.1, 0.15) is 65.5 Å². The molecule has 1 saturated carbocycles. The molecule has 154 valence electrons. The van der Waals surface area contributed by atoms with Crippen molar-refractivity contribution in [3.05, 3.63) is 28.0 Å². The highest BCUT2D eigenvalue weighted by molar-refractivity contribution is 6.73. The van der Waals surface area contributed by atoms with Crippen LogP contribution in [0.25, 0.3) is 0 Å². The third-order valence-corrected chi connectivity index (χ3v) is 11.5. The standard InChI is InChI=1S/C21H36Cl2N2OSi/c1-6-27(7-2,8-3)26-19(20-17(22)14-25-15-18(20)23)9-10-24-13-16-11-21(4,5)12-16/h14-16,19,24H,6-13H2,1-5H3. The van der Waals surface area contributed by atoms with Gasteiger partial charge in [0.2, 0.25) is 0 Å². The van der Waals surface area contributed by atoms with Gasteiger partial charge in [-0.05, 0) is 61.8 Å². The quantitative estimate of drug-likeness (QED) is 0.307. The van der Waals surface area contributed by atoms with E-state index in [-0.39, 0.29) is 6.10 Å². The van der Waals surface area contributed by atoms with Crippen molar-refractivity contribution in [2.75, 3.05) is 13.1 Å². The third-order valence-electron chi connectivity index (χ3n) is 6.24. The summed E-state index contributed by atoms with van der Waals surface area (Å²) >= 11 is 13.0. The summed E-state index contributed by atoms with van der Waals surface area (Å²) in [4.78, 5) is 4.11. The molecule has 0 amide bonds. The number of aromatic nitrogens is 1. The zero-order valence-electron chi connectivity index (χ0n) is 17.6. The zero-order chi connectivity index (χ0) is 20.1. The van der Waals surface area contributed by atoms with Gasteiger partial charge in [-0.15, -0.1) is 0 Å². The summed E-state index contributed by atoms with van der Waals surface area (Å²) in [5.74, 6) is 0.808. The van der Waals surface area contributed by atoms with Crippen LogP contribution in [0.4, 0.5) is 0 Å². The summed E-state index contributed by atoms with van der Waals surface area (Å²) in [7, 11) is -1.77. The first-order valence-corrected chi connectivity index (χ1v) is 13.7. The van der Waals surface area contributed by atoms with Gasteiger partial charge in [-0.2, -0.15) is 0 Å². The Morgan fingerprint density at radius 2 is 1.70 bits per heavy atom. The molecule has 1 unspecified atom stereocenters. The van der Waals surface area contributed by atoms with Crippen molar-refractivity contribution < 1.29 is 4.43 Å². The van der Waals surface area contributed by atoms with Gasteiger partial charge in [-0.1, -0.05) is 57.8 Å². The molecule has 1 atom stereocenters. The molecule has 0 bridgehead atoms. The van der Waals surface area contributed by atoms with Gasteiger partial charge in [0.15, 0.2) is 8.32 Å². The smallest absolute Gasteiger partial charge is 0.192 e. The predicted molar refractivity (Wildman–Crippen MR) is 119 cm³/mol. The molecule has 2 rings (SSSR count). The Bertz CT molecular complexity index is 571. The second-order valence-electron chi connectivity index (χ2n) is 8.80. The van der Waals surface area contributed by atoms with E-state index in [1.807, 2.05) is 0 Å². The van der Waals surface area contributed by atoms with Gasteiger partial charge in [0, 0.05) is 18.0 Å². The Hall–Kier alpha value is -0.133. The molecule has 1 fully saturated rings. The number of pyridine rings is 1. The van der Waals surface area contributed by atoms with Gasteiger partial charge in [0.25, 0.3) is 0 Å². The maximum atomic E-state index is 6.82. The van der Waals surface area contributed by atoms with Gasteiger partial charge >= 0.3 is 0 Å². The summed E-state index contributed by atoms with van der Waals surface area (Å²) in [5.41, 5.74) is 1.44. The lowest BCUT2D eigenvalue weighted by atomic mass is 9.64. The molecule has 0 radical (unpaired) electrons. The highest BCUT2D eigenvalue weighted by Gasteiger charge is 2.36. The van der Waals surface area contributed by atoms with Crippen molar-refractivity contribution in [2.45, 2.75) is 78.1 Å². The zero-order valence-corrected chi connectivity index (χ0v) is 20.1. The molecule has 0 aliphatic heterocycles. The summed E-state index contributed by atoms with van der Waals surface area (Å²) < 4.78 is 6.82. The fourth-order valence-electron chi connectivity index (χ4n) is 4.48. The van der Waals surface area contributed by atoms with Gasteiger partial charge in [-0.3, -0.25) is 4.98 Å². The Balaban J connectivity index is 2.03. The number of hydrogen-bond donors (Lipinski definition) is 1. The molecule has 27 heavy (non-hydrogen) atoms. The lowest BCUT2D eigenvalue weighted by Gasteiger charge is -2.43. The highest BCUT2D eigenvalue weighted by atomic mass is 35.5. The maximum Gasteiger partial charge on any atom is 0.192 e. The average Bonchev–Trinajstić information content (AvgIpc) is 2.61. The number of nitrogens with zero attached hydrogens (tertiary/aromatic N) is 1. The van der Waals surface area contributed by atoms with Crippen LogP contribution in [0.5, 0.6) is 0 Å². The van der Waals surface area contributed by atoms with E-state index in [0.717, 1.165) is 49.1 Å². The normalized spacial score (nSPS) is 18.3. The second kappa shape index (κ2) is 10.1. The van der Waals surface area contributed by atoms with Crippen molar-refractivity contribution in [2.24, 2.45) is 11.3 Å². The summed E-state index contributed by atoms with van der Waals surface area (Å²) in [6, 6.07) is 3.34. The molecule has 0 saturated heterocycles. The largest absolute Gasteiger partial charge is 0.410 e. The number of halogens is 2. The van der Waals surface area contributed by atoms with Crippen LogP contribution in [0.15, 0.2) is 12.4 Å². The fraction of sp³-hybridized carbons (Fsp3) is 0.762. The van der Waals surface area contributed by atoms with Crippen LogP contribution >= 0.6 is 23.2 Å². The molecule has 1 N–H and O–H groups in total. The van der Waals surface area contributed by atoms with Crippen LogP contribution in [-0.2, 0) is 4.43 Å². The monoisotopic (exact) mass is 430 g/mol. The van der Waals surface area contributed by atoms with E-state index in [0.29, 0.717) is 15.5 Å². The van der Waals surface area contributed by atoms with Crippen LogP contribution in [0.2, 0.25) is 28.2 Å². The number of rotatable bonds is 11. The minimum absolute atomic E-state index is 0.0650. The van der Waals surface area contributed by atoms with E-state index >= 15 is 0 Å². The van der Waals surface area contributed by atoms with Crippen LogP contribution in [-0.4, -0.2) is 26.4 Å². The lowest BCUT2D eigenvalue weighted by molar-refractivity contribution is 0.0945. The Kier molecular flexibility index (Phi) is 8.63. The Morgan fingerprint density at radius 3 is 2.19 bits per heavy atom. The molecular weight excluding hydrogens is 395 g/mol. The molecule has 6 heteroatoms. The van der Waals surface area contributed by atoms with Gasteiger partial charge in [-0.25, -0.2) is 0 Å². The van der Waals surface area contributed by atoms with E-state index in [4.69, 9.17) is 27.6 Å². The first-order valence-electron chi connectivity index (χ1n) is 10.4. The van der Waals surface area contributed by atoms with E-state index in [1.165, 1.54) is 12.8 Å². The summed E-state index contributed by atoms with van der Waals surface area (Å²) in [6.07, 6.45) is 6.81. The van der Waals surface area contributed by atoms with E-state index < -0.39 is 8.32 Å². The molecule has 3 nitrogen and oxygen atoms in total. The second-order valence-corrected chi connectivity index (χ2v) is 14.3. The van der Waals surface area contributed by atoms with Crippen molar-refractivity contribution in [1.29, 1.82) is 0 Å². The summed E-state index contributed by atoms with van der Waals surface area (Å²) in [5, 5.41) is 4.86. The molecule has 1 aliphatic rings. The number of nitrogens with one attached hydrogen (secondary N) is 1. The van der Waals surface area contributed by atoms with Crippen LogP contribution in [0, 0.1) is 11.3 Å². The summed E-state index contributed by atoms with van der Waals surface area (Å²) in [6.45, 7) is 13.5. The maximum absolute atomic E-state index is 6.82. The van der Waals surface area contributed by atoms with Gasteiger partial charge in [0.05, 0.1) is 16.1 Å². The molecule has 1 aromatic heterocycles. The predicted octanol–water partition coefficient (Wildman–Crippen LogP) is 6.87. The van der Waals surface area contributed by atoms with Crippen molar-refractivity contribution in [3.63, 3.8) is 0 Å². The first-order chi connectivity index (χ1) is 12.8.